The summed E-state index contributed by atoms with van der Waals surface area (Å²) >= 11 is 0. The molecular weight excluding hydrogens is 286 g/mol. The van der Waals surface area contributed by atoms with Gasteiger partial charge in [-0.25, -0.2) is 4.79 Å². The van der Waals surface area contributed by atoms with Crippen molar-refractivity contribution in [3.05, 3.63) is 35.4 Å². The van der Waals surface area contributed by atoms with Gasteiger partial charge in [-0.3, -0.25) is 0 Å². The molecule has 1 aliphatic heterocycles. The Hall–Kier alpha value is -1.77. The normalized spacial score (nSPS) is 17.3. The SMILES string of the molecule is CCCCC(C(=O)OC)N1c2c(C)cccc2C(C)=CC1(C)C. The molecule has 1 aromatic carbocycles. The predicted molar refractivity (Wildman–Crippen MR) is 96.7 cm³/mol. The lowest BCUT2D eigenvalue weighted by atomic mass is 9.85. The lowest BCUT2D eigenvalue weighted by Gasteiger charge is -2.47. The smallest absolute Gasteiger partial charge is 0.328 e. The molecule has 3 heteroatoms. The van der Waals surface area contributed by atoms with Gasteiger partial charge in [-0.15, -0.1) is 0 Å². The van der Waals surface area contributed by atoms with Crippen molar-refractivity contribution in [2.75, 3.05) is 12.0 Å². The van der Waals surface area contributed by atoms with Crippen LogP contribution in [0.2, 0.25) is 0 Å². The molecule has 1 heterocycles. The Balaban J connectivity index is 2.60. The summed E-state index contributed by atoms with van der Waals surface area (Å²) in [4.78, 5) is 14.8. The zero-order valence-corrected chi connectivity index (χ0v) is 15.3. The van der Waals surface area contributed by atoms with Gasteiger partial charge in [0.25, 0.3) is 0 Å². The summed E-state index contributed by atoms with van der Waals surface area (Å²) in [5.74, 6) is -0.145. The van der Waals surface area contributed by atoms with Crippen LogP contribution in [0.4, 0.5) is 5.69 Å². The van der Waals surface area contributed by atoms with Gasteiger partial charge < -0.3 is 9.64 Å². The maximum atomic E-state index is 12.5. The van der Waals surface area contributed by atoms with Crippen LogP contribution < -0.4 is 4.90 Å². The van der Waals surface area contributed by atoms with Crippen LogP contribution in [0, 0.1) is 6.92 Å². The second-order valence-corrected chi connectivity index (χ2v) is 7.00. The van der Waals surface area contributed by atoms with Gasteiger partial charge in [0.1, 0.15) is 6.04 Å². The number of carbonyl (C=O) groups is 1. The molecule has 0 fully saturated rings. The molecule has 2 rings (SSSR count). The Kier molecular flexibility index (Phi) is 5.18. The van der Waals surface area contributed by atoms with Crippen LogP contribution in [-0.4, -0.2) is 24.7 Å². The lowest BCUT2D eigenvalue weighted by molar-refractivity contribution is -0.142. The first-order valence-electron chi connectivity index (χ1n) is 8.50. The van der Waals surface area contributed by atoms with Crippen LogP contribution in [0.3, 0.4) is 0 Å². The van der Waals surface area contributed by atoms with E-state index in [-0.39, 0.29) is 17.6 Å². The number of methoxy groups -OCH3 is 1. The maximum Gasteiger partial charge on any atom is 0.328 e. The zero-order valence-electron chi connectivity index (χ0n) is 15.3. The van der Waals surface area contributed by atoms with Crippen molar-refractivity contribution in [1.29, 1.82) is 0 Å². The quantitative estimate of drug-likeness (QED) is 0.736. The summed E-state index contributed by atoms with van der Waals surface area (Å²) in [6.45, 7) is 10.8. The summed E-state index contributed by atoms with van der Waals surface area (Å²) < 4.78 is 5.14. The van der Waals surface area contributed by atoms with Gasteiger partial charge in [-0.05, 0) is 45.3 Å². The number of rotatable bonds is 5. The summed E-state index contributed by atoms with van der Waals surface area (Å²) in [6.07, 6.45) is 5.15. The van der Waals surface area contributed by atoms with E-state index in [4.69, 9.17) is 4.74 Å². The highest BCUT2D eigenvalue weighted by atomic mass is 16.5. The Morgan fingerprint density at radius 3 is 2.61 bits per heavy atom. The number of para-hydroxylation sites is 1. The van der Waals surface area contributed by atoms with E-state index < -0.39 is 0 Å². The fourth-order valence-electron chi connectivity index (χ4n) is 3.71. The number of fused-ring (bicyclic) bond motifs is 1. The summed E-state index contributed by atoms with van der Waals surface area (Å²) in [6, 6.07) is 6.10. The molecule has 0 N–H and O–H groups in total. The Bertz CT molecular complexity index is 616. The first-order chi connectivity index (χ1) is 10.8. The van der Waals surface area contributed by atoms with E-state index in [0.29, 0.717) is 0 Å². The van der Waals surface area contributed by atoms with Crippen molar-refractivity contribution in [3.63, 3.8) is 0 Å². The van der Waals surface area contributed by atoms with Gasteiger partial charge in [0, 0.05) is 11.3 Å². The molecule has 0 spiro atoms. The summed E-state index contributed by atoms with van der Waals surface area (Å²) in [5, 5.41) is 0. The summed E-state index contributed by atoms with van der Waals surface area (Å²) in [5.41, 5.74) is 4.63. The topological polar surface area (TPSA) is 29.5 Å². The highest BCUT2D eigenvalue weighted by Crippen LogP contribution is 2.42. The molecule has 1 unspecified atom stereocenters. The number of hydrogen-bond donors (Lipinski definition) is 0. The van der Waals surface area contributed by atoms with Crippen LogP contribution in [0.25, 0.3) is 5.57 Å². The second kappa shape index (κ2) is 6.77. The molecule has 0 saturated heterocycles. The lowest BCUT2D eigenvalue weighted by Crippen LogP contribution is -2.54. The fourth-order valence-corrected chi connectivity index (χ4v) is 3.71. The van der Waals surface area contributed by atoms with Gasteiger partial charge >= 0.3 is 5.97 Å². The molecule has 0 aliphatic carbocycles. The number of unbranched alkanes of at least 4 members (excludes halogenated alkanes) is 1. The number of hydrogen-bond acceptors (Lipinski definition) is 3. The first kappa shape index (κ1) is 17.6. The van der Waals surface area contributed by atoms with Crippen LogP contribution >= 0.6 is 0 Å². The third kappa shape index (κ3) is 3.29. The van der Waals surface area contributed by atoms with Crippen molar-refractivity contribution in [2.24, 2.45) is 0 Å². The van der Waals surface area contributed by atoms with Crippen molar-refractivity contribution in [2.45, 2.75) is 65.5 Å². The van der Waals surface area contributed by atoms with Crippen LogP contribution in [0.1, 0.15) is 58.1 Å². The van der Waals surface area contributed by atoms with Crippen LogP contribution in [-0.2, 0) is 9.53 Å². The molecule has 0 radical (unpaired) electrons. The number of benzene rings is 1. The Morgan fingerprint density at radius 2 is 2.00 bits per heavy atom. The molecular formula is C20H29NO2. The minimum atomic E-state index is -0.251. The zero-order chi connectivity index (χ0) is 17.2. The molecule has 23 heavy (non-hydrogen) atoms. The highest BCUT2D eigenvalue weighted by Gasteiger charge is 2.40. The van der Waals surface area contributed by atoms with E-state index in [9.17, 15) is 4.79 Å². The monoisotopic (exact) mass is 315 g/mol. The van der Waals surface area contributed by atoms with Gasteiger partial charge in [-0.2, -0.15) is 0 Å². The van der Waals surface area contributed by atoms with Crippen molar-refractivity contribution in [3.8, 4) is 0 Å². The second-order valence-electron chi connectivity index (χ2n) is 7.00. The standard InChI is InChI=1S/C20H29NO2/c1-7-8-12-17(19(22)23-6)21-18-14(2)10-9-11-16(18)15(3)13-20(21,4)5/h9-11,13,17H,7-8,12H2,1-6H3. The minimum absolute atomic E-state index is 0.145. The molecule has 126 valence electrons. The fraction of sp³-hybridized carbons (Fsp3) is 0.550. The van der Waals surface area contributed by atoms with Crippen LogP contribution in [0.15, 0.2) is 24.3 Å². The third-order valence-corrected chi connectivity index (χ3v) is 4.71. The van der Waals surface area contributed by atoms with Crippen LogP contribution in [0.5, 0.6) is 0 Å². The molecule has 0 saturated carbocycles. The predicted octanol–water partition coefficient (Wildman–Crippen LogP) is 4.73. The number of allylic oxidation sites excluding steroid dienone is 1. The number of aryl methyl sites for hydroxylation is 1. The first-order valence-corrected chi connectivity index (χ1v) is 8.50. The van der Waals surface area contributed by atoms with Gasteiger partial charge in [0.2, 0.25) is 0 Å². The molecule has 3 nitrogen and oxygen atoms in total. The average Bonchev–Trinajstić information content (AvgIpc) is 2.49. The largest absolute Gasteiger partial charge is 0.467 e. The molecule has 1 aromatic rings. The average molecular weight is 315 g/mol. The highest BCUT2D eigenvalue weighted by molar-refractivity contribution is 5.88. The van der Waals surface area contributed by atoms with E-state index in [1.54, 1.807) is 0 Å². The Labute approximate surface area is 140 Å². The molecule has 1 atom stereocenters. The number of carbonyl (C=O) groups excluding carboxylic acids is 1. The molecule has 0 bridgehead atoms. The van der Waals surface area contributed by atoms with Gasteiger partial charge in [0.05, 0.1) is 12.6 Å². The number of nitrogens with zero attached hydrogens (tertiary/aromatic N) is 1. The van der Waals surface area contributed by atoms with Gasteiger partial charge in [0.15, 0.2) is 0 Å². The van der Waals surface area contributed by atoms with E-state index >= 15 is 0 Å². The molecule has 0 amide bonds. The van der Waals surface area contributed by atoms with E-state index in [2.05, 4.69) is 63.8 Å². The Morgan fingerprint density at radius 1 is 1.30 bits per heavy atom. The van der Waals surface area contributed by atoms with E-state index in [1.807, 2.05) is 0 Å². The number of ether oxygens (including phenoxy) is 1. The van der Waals surface area contributed by atoms with Crippen molar-refractivity contribution < 1.29 is 9.53 Å². The van der Waals surface area contributed by atoms with Crippen molar-refractivity contribution >= 4 is 17.2 Å². The van der Waals surface area contributed by atoms with Gasteiger partial charge in [-0.1, -0.05) is 44.0 Å². The maximum absolute atomic E-state index is 12.5. The third-order valence-electron chi connectivity index (χ3n) is 4.71. The minimum Gasteiger partial charge on any atom is -0.467 e. The summed E-state index contributed by atoms with van der Waals surface area (Å²) in [7, 11) is 1.48. The molecule has 0 aromatic heterocycles. The van der Waals surface area contributed by atoms with E-state index in [0.717, 1.165) is 19.3 Å². The van der Waals surface area contributed by atoms with Crippen molar-refractivity contribution in [1.82, 2.24) is 0 Å². The molecule has 1 aliphatic rings. The number of anilines is 1. The van der Waals surface area contributed by atoms with E-state index in [1.165, 1.54) is 29.5 Å². The number of esters is 1.